The van der Waals surface area contributed by atoms with Gasteiger partial charge >= 0.3 is 0 Å². The normalized spacial score (nSPS) is 24.7. The Morgan fingerprint density at radius 3 is 2.94 bits per heavy atom. The van der Waals surface area contributed by atoms with Gasteiger partial charge in [-0.1, -0.05) is 35.9 Å². The Bertz CT molecular complexity index is 416. The second-order valence-electron chi connectivity index (χ2n) is 4.29. The van der Waals surface area contributed by atoms with Crippen LogP contribution in [0.1, 0.15) is 24.8 Å². The molecule has 16 heavy (non-hydrogen) atoms. The Hall–Kier alpha value is -0.860. The number of hydrogen-bond donors (Lipinski definition) is 1. The van der Waals surface area contributed by atoms with Crippen LogP contribution in [-0.2, 0) is 6.42 Å². The summed E-state index contributed by atoms with van der Waals surface area (Å²) in [7, 11) is 0. The molecule has 0 fully saturated rings. The Morgan fingerprint density at radius 1 is 1.44 bits per heavy atom. The van der Waals surface area contributed by atoms with Gasteiger partial charge in [-0.2, -0.15) is 0 Å². The quantitative estimate of drug-likeness (QED) is 0.785. The van der Waals surface area contributed by atoms with Gasteiger partial charge in [-0.25, -0.2) is 4.39 Å². The molecule has 1 aliphatic carbocycles. The zero-order valence-corrected chi connectivity index (χ0v) is 9.67. The molecule has 1 aromatic rings. The van der Waals surface area contributed by atoms with Crippen LogP contribution >= 0.6 is 11.6 Å². The molecule has 1 aromatic carbocycles. The average molecular weight is 241 g/mol. The minimum atomic E-state index is -0.913. The van der Waals surface area contributed by atoms with Gasteiger partial charge in [0.15, 0.2) is 0 Å². The lowest BCUT2D eigenvalue weighted by Gasteiger charge is -2.27. The van der Waals surface area contributed by atoms with Gasteiger partial charge in [0.25, 0.3) is 0 Å². The third-order valence-electron chi connectivity index (χ3n) is 2.94. The Balaban J connectivity index is 2.23. The van der Waals surface area contributed by atoms with E-state index < -0.39 is 11.4 Å². The van der Waals surface area contributed by atoms with Gasteiger partial charge < -0.3 is 5.11 Å². The van der Waals surface area contributed by atoms with Crippen LogP contribution in [0.3, 0.4) is 0 Å². The smallest absolute Gasteiger partial charge is 0.145 e. The van der Waals surface area contributed by atoms with E-state index in [9.17, 15) is 9.50 Å². The summed E-state index contributed by atoms with van der Waals surface area (Å²) < 4.78 is 13.7. The molecule has 0 aliphatic heterocycles. The second kappa shape index (κ2) is 4.56. The minimum Gasteiger partial charge on any atom is -0.385 e. The van der Waals surface area contributed by atoms with E-state index in [-0.39, 0.29) is 11.4 Å². The molecule has 0 heterocycles. The van der Waals surface area contributed by atoms with E-state index in [1.54, 1.807) is 18.2 Å². The van der Waals surface area contributed by atoms with Crippen molar-refractivity contribution in [3.63, 3.8) is 0 Å². The summed E-state index contributed by atoms with van der Waals surface area (Å²) >= 11 is 5.70. The third-order valence-corrected chi connectivity index (χ3v) is 3.23. The molecule has 1 atom stereocenters. The first kappa shape index (κ1) is 11.6. The van der Waals surface area contributed by atoms with E-state index in [1.165, 1.54) is 6.07 Å². The van der Waals surface area contributed by atoms with Crippen molar-refractivity contribution < 1.29 is 9.50 Å². The molecule has 2 rings (SSSR count). The molecule has 0 saturated carbocycles. The highest BCUT2D eigenvalue weighted by atomic mass is 35.5. The Kier molecular flexibility index (Phi) is 3.31. The Morgan fingerprint density at radius 2 is 2.25 bits per heavy atom. The predicted octanol–water partition coefficient (Wildman–Crippen LogP) is 3.49. The molecule has 0 spiro atoms. The lowest BCUT2D eigenvalue weighted by Crippen LogP contribution is -2.30. The number of benzene rings is 1. The maximum atomic E-state index is 13.7. The predicted molar refractivity (Wildman–Crippen MR) is 63.1 cm³/mol. The number of allylic oxidation sites excluding steroid dienone is 1. The van der Waals surface area contributed by atoms with E-state index >= 15 is 0 Å². The maximum absolute atomic E-state index is 13.7. The molecule has 1 N–H and O–H groups in total. The van der Waals surface area contributed by atoms with Gasteiger partial charge in [-0.05, 0) is 30.9 Å². The summed E-state index contributed by atoms with van der Waals surface area (Å²) in [4.78, 5) is 0. The van der Waals surface area contributed by atoms with Crippen LogP contribution in [0.25, 0.3) is 0 Å². The zero-order valence-electron chi connectivity index (χ0n) is 8.92. The van der Waals surface area contributed by atoms with Crippen LogP contribution in [0.4, 0.5) is 4.39 Å². The lowest BCUT2D eigenvalue weighted by atomic mass is 9.85. The second-order valence-corrected chi connectivity index (χ2v) is 4.70. The van der Waals surface area contributed by atoms with E-state index in [4.69, 9.17) is 11.6 Å². The largest absolute Gasteiger partial charge is 0.385 e. The van der Waals surface area contributed by atoms with Crippen molar-refractivity contribution in [3.05, 3.63) is 46.8 Å². The minimum absolute atomic E-state index is 0.112. The van der Waals surface area contributed by atoms with E-state index in [2.05, 4.69) is 0 Å². The van der Waals surface area contributed by atoms with E-state index in [0.29, 0.717) is 12.0 Å². The molecule has 1 unspecified atom stereocenters. The van der Waals surface area contributed by atoms with Gasteiger partial charge in [0.05, 0.1) is 10.6 Å². The molecule has 0 bridgehead atoms. The molecule has 3 heteroatoms. The van der Waals surface area contributed by atoms with Crippen molar-refractivity contribution in [2.75, 3.05) is 0 Å². The fraction of sp³-hybridized carbons (Fsp3) is 0.385. The van der Waals surface area contributed by atoms with Crippen molar-refractivity contribution in [3.8, 4) is 0 Å². The van der Waals surface area contributed by atoms with Gasteiger partial charge in [0, 0.05) is 6.42 Å². The summed E-state index contributed by atoms with van der Waals surface area (Å²) in [5, 5.41) is 10.4. The standard InChI is InChI=1S/C13H14ClFO/c14-11-6-4-5-10(12(11)15)9-13(16)7-2-1-3-8-13/h2,4-7,16H,1,3,8-9H2. The van der Waals surface area contributed by atoms with E-state index in [1.807, 2.05) is 6.08 Å². The van der Waals surface area contributed by atoms with Crippen LogP contribution in [0.5, 0.6) is 0 Å². The first-order valence-electron chi connectivity index (χ1n) is 5.44. The molecule has 0 radical (unpaired) electrons. The van der Waals surface area contributed by atoms with Gasteiger partial charge in [0.2, 0.25) is 0 Å². The van der Waals surface area contributed by atoms with Crippen LogP contribution in [0.15, 0.2) is 30.4 Å². The van der Waals surface area contributed by atoms with Gasteiger partial charge in [-0.3, -0.25) is 0 Å². The number of aliphatic hydroxyl groups is 1. The number of rotatable bonds is 2. The van der Waals surface area contributed by atoms with Gasteiger partial charge in [-0.15, -0.1) is 0 Å². The van der Waals surface area contributed by atoms with Gasteiger partial charge in [0.1, 0.15) is 5.82 Å². The van der Waals surface area contributed by atoms with Crippen molar-refractivity contribution in [2.24, 2.45) is 0 Å². The highest BCUT2D eigenvalue weighted by molar-refractivity contribution is 6.30. The highest BCUT2D eigenvalue weighted by Crippen LogP contribution is 2.28. The first-order chi connectivity index (χ1) is 7.61. The fourth-order valence-electron chi connectivity index (χ4n) is 2.07. The van der Waals surface area contributed by atoms with Crippen molar-refractivity contribution in [2.45, 2.75) is 31.3 Å². The van der Waals surface area contributed by atoms with Crippen molar-refractivity contribution in [1.82, 2.24) is 0 Å². The lowest BCUT2D eigenvalue weighted by molar-refractivity contribution is 0.0742. The summed E-state index contributed by atoms with van der Waals surface area (Å²) in [5.41, 5.74) is -0.439. The summed E-state index contributed by atoms with van der Waals surface area (Å²) in [6, 6.07) is 4.89. The summed E-state index contributed by atoms with van der Waals surface area (Å²) in [6.45, 7) is 0. The maximum Gasteiger partial charge on any atom is 0.145 e. The SMILES string of the molecule is OC1(Cc2cccc(Cl)c2F)C=CCCC1. The average Bonchev–Trinajstić information content (AvgIpc) is 2.26. The topological polar surface area (TPSA) is 20.2 Å². The first-order valence-corrected chi connectivity index (χ1v) is 5.81. The third kappa shape index (κ3) is 2.45. The van der Waals surface area contributed by atoms with Crippen LogP contribution < -0.4 is 0 Å². The summed E-state index contributed by atoms with van der Waals surface area (Å²) in [6.07, 6.45) is 6.61. The molecule has 1 nitrogen and oxygen atoms in total. The molecular weight excluding hydrogens is 227 g/mol. The molecule has 0 aromatic heterocycles. The molecule has 0 amide bonds. The van der Waals surface area contributed by atoms with Crippen LogP contribution in [0.2, 0.25) is 5.02 Å². The molecular formula is C13H14ClFO. The zero-order chi connectivity index (χ0) is 11.6. The number of halogens is 2. The number of hydrogen-bond acceptors (Lipinski definition) is 1. The molecule has 0 saturated heterocycles. The van der Waals surface area contributed by atoms with Crippen molar-refractivity contribution >= 4 is 11.6 Å². The monoisotopic (exact) mass is 240 g/mol. The van der Waals surface area contributed by atoms with Crippen LogP contribution in [0, 0.1) is 5.82 Å². The molecule has 86 valence electrons. The van der Waals surface area contributed by atoms with Crippen molar-refractivity contribution in [1.29, 1.82) is 0 Å². The molecule has 1 aliphatic rings. The van der Waals surface area contributed by atoms with Crippen LogP contribution in [-0.4, -0.2) is 10.7 Å². The fourth-order valence-corrected chi connectivity index (χ4v) is 2.27. The summed E-state index contributed by atoms with van der Waals surface area (Å²) in [5.74, 6) is -0.420. The Labute approximate surface area is 99.6 Å². The highest BCUT2D eigenvalue weighted by Gasteiger charge is 2.27. The van der Waals surface area contributed by atoms with E-state index in [0.717, 1.165) is 12.8 Å².